The van der Waals surface area contributed by atoms with Gasteiger partial charge >= 0.3 is 0 Å². The number of aryl methyl sites for hydroxylation is 1. The van der Waals surface area contributed by atoms with E-state index in [2.05, 4.69) is 5.32 Å². The molecule has 9 nitrogen and oxygen atoms in total. The lowest BCUT2D eigenvalue weighted by Crippen LogP contribution is -2.53. The maximum Gasteiger partial charge on any atom is 0.244 e. The van der Waals surface area contributed by atoms with Gasteiger partial charge in [-0.2, -0.15) is 0 Å². The molecular formula is C30H37N3O6S. The summed E-state index contributed by atoms with van der Waals surface area (Å²) in [5.41, 5.74) is 2.92. The highest BCUT2D eigenvalue weighted by Crippen LogP contribution is 2.32. The number of sulfonamides is 1. The van der Waals surface area contributed by atoms with Crippen LogP contribution in [0.1, 0.15) is 23.6 Å². The fraction of sp³-hybridized carbons (Fsp3) is 0.333. The highest BCUT2D eigenvalue weighted by atomic mass is 32.2. The zero-order valence-electron chi connectivity index (χ0n) is 23.6. The lowest BCUT2D eigenvalue weighted by molar-refractivity contribution is -0.140. The van der Waals surface area contributed by atoms with Crippen molar-refractivity contribution in [2.24, 2.45) is 0 Å². The molecule has 2 amide bonds. The largest absolute Gasteiger partial charge is 0.493 e. The first-order valence-electron chi connectivity index (χ1n) is 12.9. The Morgan fingerprint density at radius 1 is 0.925 bits per heavy atom. The number of nitrogens with zero attached hydrogens (tertiary/aromatic N) is 2. The van der Waals surface area contributed by atoms with Crippen LogP contribution in [0.2, 0.25) is 0 Å². The zero-order valence-corrected chi connectivity index (χ0v) is 24.4. The number of hydrogen-bond acceptors (Lipinski definition) is 6. The van der Waals surface area contributed by atoms with Gasteiger partial charge in [-0.3, -0.25) is 13.9 Å². The first-order valence-corrected chi connectivity index (χ1v) is 14.8. The Kier molecular flexibility index (Phi) is 10.6. The molecule has 1 unspecified atom stereocenters. The third kappa shape index (κ3) is 7.75. The predicted octanol–water partition coefficient (Wildman–Crippen LogP) is 3.55. The van der Waals surface area contributed by atoms with Gasteiger partial charge in [0, 0.05) is 25.6 Å². The molecule has 0 heterocycles. The molecule has 0 radical (unpaired) electrons. The number of ether oxygens (including phenoxy) is 2. The van der Waals surface area contributed by atoms with Crippen LogP contribution in [0.25, 0.3) is 0 Å². The zero-order chi connectivity index (χ0) is 29.3. The van der Waals surface area contributed by atoms with Crippen molar-refractivity contribution in [3.63, 3.8) is 0 Å². The number of carbonyl (C=O) groups excluding carboxylic acids is 2. The van der Waals surface area contributed by atoms with Crippen molar-refractivity contribution in [3.05, 3.63) is 89.5 Å². The average Bonchev–Trinajstić information content (AvgIpc) is 2.94. The van der Waals surface area contributed by atoms with Crippen LogP contribution in [0.3, 0.4) is 0 Å². The van der Waals surface area contributed by atoms with Crippen LogP contribution >= 0.6 is 0 Å². The van der Waals surface area contributed by atoms with E-state index < -0.39 is 28.5 Å². The maximum absolute atomic E-state index is 14.1. The predicted molar refractivity (Wildman–Crippen MR) is 156 cm³/mol. The summed E-state index contributed by atoms with van der Waals surface area (Å²) in [4.78, 5) is 29.0. The number of carbonyl (C=O) groups is 2. The van der Waals surface area contributed by atoms with Crippen molar-refractivity contribution in [2.75, 3.05) is 37.9 Å². The minimum absolute atomic E-state index is 0.129. The van der Waals surface area contributed by atoms with E-state index in [9.17, 15) is 18.0 Å². The Morgan fingerprint density at radius 3 is 2.17 bits per heavy atom. The highest BCUT2D eigenvalue weighted by Gasteiger charge is 2.33. The van der Waals surface area contributed by atoms with E-state index in [1.165, 1.54) is 25.2 Å². The van der Waals surface area contributed by atoms with E-state index in [1.54, 1.807) is 12.1 Å². The van der Waals surface area contributed by atoms with Crippen molar-refractivity contribution in [1.82, 2.24) is 10.2 Å². The number of rotatable bonds is 13. The average molecular weight is 568 g/mol. The van der Waals surface area contributed by atoms with Crippen molar-refractivity contribution in [2.45, 2.75) is 32.9 Å². The molecule has 0 saturated carbocycles. The molecule has 0 bridgehead atoms. The second-order valence-electron chi connectivity index (χ2n) is 9.36. The van der Waals surface area contributed by atoms with Gasteiger partial charge in [0.25, 0.3) is 0 Å². The Morgan fingerprint density at radius 2 is 1.57 bits per heavy atom. The molecule has 0 aliphatic rings. The molecule has 0 aliphatic heterocycles. The second-order valence-corrected chi connectivity index (χ2v) is 11.3. The summed E-state index contributed by atoms with van der Waals surface area (Å²) < 4.78 is 37.6. The van der Waals surface area contributed by atoms with Crippen LogP contribution in [0.15, 0.2) is 72.8 Å². The molecule has 3 aromatic rings. The first-order chi connectivity index (χ1) is 19.1. The van der Waals surface area contributed by atoms with Gasteiger partial charge in [-0.1, -0.05) is 54.6 Å². The summed E-state index contributed by atoms with van der Waals surface area (Å²) in [6.07, 6.45) is 1.30. The number of hydrogen-bond donors (Lipinski definition) is 1. The topological polar surface area (TPSA) is 105 Å². The molecule has 0 spiro atoms. The van der Waals surface area contributed by atoms with Crippen LogP contribution < -0.4 is 19.1 Å². The number of nitrogens with one attached hydrogen (secondary N) is 1. The Hall–Kier alpha value is -4.05. The van der Waals surface area contributed by atoms with Gasteiger partial charge in [-0.05, 0) is 42.7 Å². The van der Waals surface area contributed by atoms with E-state index in [4.69, 9.17) is 9.47 Å². The summed E-state index contributed by atoms with van der Waals surface area (Å²) in [6, 6.07) is 20.8. The van der Waals surface area contributed by atoms with Crippen LogP contribution in [-0.2, 0) is 32.6 Å². The molecule has 3 rings (SSSR count). The SMILES string of the molecule is CCNC(=O)C(Cc1ccccc1)N(Cc1ccccc1C)C(=O)CN(c1ccc(OC)c(OC)c1)S(C)(=O)=O. The van der Waals surface area contributed by atoms with Crippen LogP contribution in [0.5, 0.6) is 11.5 Å². The lowest BCUT2D eigenvalue weighted by Gasteiger charge is -2.33. The van der Waals surface area contributed by atoms with Crippen LogP contribution in [0, 0.1) is 6.92 Å². The molecule has 0 fully saturated rings. The van der Waals surface area contributed by atoms with Crippen molar-refractivity contribution < 1.29 is 27.5 Å². The van der Waals surface area contributed by atoms with Crippen molar-refractivity contribution in [1.29, 1.82) is 0 Å². The number of methoxy groups -OCH3 is 2. The summed E-state index contributed by atoms with van der Waals surface area (Å²) in [5, 5.41) is 2.85. The standard InChI is InChI=1S/C30H37N3O6S/c1-6-31-30(35)26(18-23-13-8-7-9-14-23)32(20-24-15-11-10-12-22(24)2)29(34)21-33(40(5,36)37)25-16-17-27(38-3)28(19-25)39-4/h7-17,19,26H,6,18,20-21H2,1-5H3,(H,31,35). The van der Waals surface area contributed by atoms with Gasteiger partial charge in [0.2, 0.25) is 21.8 Å². The minimum Gasteiger partial charge on any atom is -0.493 e. The van der Waals surface area contributed by atoms with E-state index in [1.807, 2.05) is 68.4 Å². The van der Waals surface area contributed by atoms with E-state index in [-0.39, 0.29) is 24.6 Å². The monoisotopic (exact) mass is 567 g/mol. The van der Waals surface area contributed by atoms with E-state index >= 15 is 0 Å². The molecule has 40 heavy (non-hydrogen) atoms. The molecule has 10 heteroatoms. The summed E-state index contributed by atoms with van der Waals surface area (Å²) in [7, 11) is -0.973. The molecule has 214 valence electrons. The van der Waals surface area contributed by atoms with Gasteiger partial charge in [0.1, 0.15) is 12.6 Å². The first kappa shape index (κ1) is 30.5. The van der Waals surface area contributed by atoms with E-state index in [0.717, 1.165) is 27.3 Å². The summed E-state index contributed by atoms with van der Waals surface area (Å²) >= 11 is 0. The van der Waals surface area contributed by atoms with Crippen LogP contribution in [0.4, 0.5) is 5.69 Å². The number of amides is 2. The molecule has 3 aromatic carbocycles. The van der Waals surface area contributed by atoms with Gasteiger partial charge < -0.3 is 19.7 Å². The molecule has 0 aliphatic carbocycles. The van der Waals surface area contributed by atoms with Gasteiger partial charge in [0.05, 0.1) is 26.2 Å². The maximum atomic E-state index is 14.1. The third-order valence-corrected chi connectivity index (χ3v) is 7.70. The molecule has 0 aromatic heterocycles. The number of anilines is 1. The molecule has 0 saturated heterocycles. The normalized spacial score (nSPS) is 11.8. The van der Waals surface area contributed by atoms with Gasteiger partial charge in [0.15, 0.2) is 11.5 Å². The van der Waals surface area contributed by atoms with Crippen molar-refractivity contribution >= 4 is 27.5 Å². The van der Waals surface area contributed by atoms with Crippen LogP contribution in [-0.4, -0.2) is 64.7 Å². The second kappa shape index (κ2) is 13.8. The molecule has 1 atom stereocenters. The van der Waals surface area contributed by atoms with Crippen molar-refractivity contribution in [3.8, 4) is 11.5 Å². The molecule has 1 N–H and O–H groups in total. The number of benzene rings is 3. The Bertz CT molecular complexity index is 1410. The summed E-state index contributed by atoms with van der Waals surface area (Å²) in [5.74, 6) is -0.0885. The lowest BCUT2D eigenvalue weighted by atomic mass is 10.0. The summed E-state index contributed by atoms with van der Waals surface area (Å²) in [6.45, 7) is 3.75. The smallest absolute Gasteiger partial charge is 0.244 e. The van der Waals surface area contributed by atoms with Gasteiger partial charge in [-0.25, -0.2) is 8.42 Å². The fourth-order valence-electron chi connectivity index (χ4n) is 4.41. The highest BCUT2D eigenvalue weighted by molar-refractivity contribution is 7.92. The minimum atomic E-state index is -3.90. The Balaban J connectivity index is 2.07. The number of likely N-dealkylation sites (N-methyl/N-ethyl adjacent to an activating group) is 1. The quantitative estimate of drug-likeness (QED) is 0.339. The fourth-order valence-corrected chi connectivity index (χ4v) is 5.25. The Labute approximate surface area is 236 Å². The molecular weight excluding hydrogens is 530 g/mol. The van der Waals surface area contributed by atoms with E-state index in [0.29, 0.717) is 18.0 Å². The third-order valence-electron chi connectivity index (χ3n) is 6.56. The van der Waals surface area contributed by atoms with Gasteiger partial charge in [-0.15, -0.1) is 0 Å².